The zero-order valence-corrected chi connectivity index (χ0v) is 17.6. The Morgan fingerprint density at radius 1 is 1.07 bits per heavy atom. The minimum absolute atomic E-state index is 0.00743. The Morgan fingerprint density at radius 2 is 1.79 bits per heavy atom. The van der Waals surface area contributed by atoms with Gasteiger partial charge in [-0.15, -0.1) is 0 Å². The maximum atomic E-state index is 12.6. The highest BCUT2D eigenvalue weighted by molar-refractivity contribution is 6.06. The Kier molecular flexibility index (Phi) is 5.37. The van der Waals surface area contributed by atoms with Crippen LogP contribution in [-0.4, -0.2) is 37.6 Å². The predicted molar refractivity (Wildman–Crippen MR) is 112 cm³/mol. The van der Waals surface area contributed by atoms with Crippen molar-refractivity contribution < 1.29 is 9.59 Å². The van der Waals surface area contributed by atoms with E-state index in [0.29, 0.717) is 28.1 Å². The maximum Gasteiger partial charge on any atom is 0.272 e. The smallest absolute Gasteiger partial charge is 0.272 e. The molecule has 8 nitrogen and oxygen atoms in total. The first-order chi connectivity index (χ1) is 13.6. The Hall–Kier alpha value is -3.29. The fourth-order valence-electron chi connectivity index (χ4n) is 2.82. The number of rotatable bonds is 4. The monoisotopic (exact) mass is 394 g/mol. The Bertz CT molecular complexity index is 1060. The number of aromatic nitrogens is 4. The van der Waals surface area contributed by atoms with Crippen LogP contribution in [0.5, 0.6) is 0 Å². The number of amides is 2. The summed E-state index contributed by atoms with van der Waals surface area (Å²) < 4.78 is 1.71. The van der Waals surface area contributed by atoms with Gasteiger partial charge in [0.05, 0.1) is 16.5 Å². The first-order valence-corrected chi connectivity index (χ1v) is 9.51. The lowest BCUT2D eigenvalue weighted by atomic mass is 10.1. The molecule has 0 radical (unpaired) electrons. The van der Waals surface area contributed by atoms with Crippen molar-refractivity contribution in [1.82, 2.24) is 25.1 Å². The van der Waals surface area contributed by atoms with Crippen LogP contribution in [0.3, 0.4) is 0 Å². The van der Waals surface area contributed by atoms with Gasteiger partial charge in [-0.25, -0.2) is 9.67 Å². The molecular formula is C21H26N6O2. The number of pyridine rings is 2. The molecule has 3 aromatic rings. The van der Waals surface area contributed by atoms with Crippen LogP contribution >= 0.6 is 0 Å². The van der Waals surface area contributed by atoms with E-state index < -0.39 is 5.54 Å². The molecule has 2 amide bonds. The SMILES string of the molecule is Cc1ccc(C(=O)Nc2ccc3c(C(=O)NC(C)C)nn(C(C)(C)C)c3n2)cn1. The standard InChI is InChI=1S/C21H26N6O2/c1-12(2)23-20(29)17-15-9-10-16(24-18(15)27(26-17)21(4,5)6)25-19(28)14-8-7-13(3)22-11-14/h7-12H,1-6H3,(H,23,29)(H,24,25,28). The molecule has 0 atom stereocenters. The molecule has 3 heterocycles. The van der Waals surface area contributed by atoms with Crippen molar-refractivity contribution in [2.45, 2.75) is 53.1 Å². The van der Waals surface area contributed by atoms with Gasteiger partial charge in [-0.3, -0.25) is 14.6 Å². The molecule has 3 aromatic heterocycles. The molecule has 0 saturated carbocycles. The van der Waals surface area contributed by atoms with E-state index in [0.717, 1.165) is 5.69 Å². The number of hydrogen-bond acceptors (Lipinski definition) is 5. The Balaban J connectivity index is 2.00. The van der Waals surface area contributed by atoms with Gasteiger partial charge in [-0.05, 0) is 65.8 Å². The topological polar surface area (TPSA) is 102 Å². The summed E-state index contributed by atoms with van der Waals surface area (Å²) in [6.45, 7) is 11.6. The average molecular weight is 394 g/mol. The number of carbonyl (C=O) groups is 2. The van der Waals surface area contributed by atoms with Crippen LogP contribution in [0.4, 0.5) is 5.82 Å². The normalized spacial score (nSPS) is 11.7. The van der Waals surface area contributed by atoms with E-state index in [1.807, 2.05) is 41.5 Å². The van der Waals surface area contributed by atoms with E-state index in [4.69, 9.17) is 0 Å². The van der Waals surface area contributed by atoms with Crippen molar-refractivity contribution in [3.8, 4) is 0 Å². The van der Waals surface area contributed by atoms with E-state index in [-0.39, 0.29) is 17.9 Å². The number of carbonyl (C=O) groups excluding carboxylic acids is 2. The van der Waals surface area contributed by atoms with Gasteiger partial charge >= 0.3 is 0 Å². The van der Waals surface area contributed by atoms with Crippen LogP contribution in [0.1, 0.15) is 61.2 Å². The van der Waals surface area contributed by atoms with Crippen LogP contribution < -0.4 is 10.6 Å². The zero-order chi connectivity index (χ0) is 21.3. The third-order valence-corrected chi connectivity index (χ3v) is 4.22. The lowest BCUT2D eigenvalue weighted by Gasteiger charge is -2.20. The quantitative estimate of drug-likeness (QED) is 0.707. The summed E-state index contributed by atoms with van der Waals surface area (Å²) in [7, 11) is 0. The fourth-order valence-corrected chi connectivity index (χ4v) is 2.82. The van der Waals surface area contributed by atoms with Crippen LogP contribution in [0, 0.1) is 6.92 Å². The summed E-state index contributed by atoms with van der Waals surface area (Å²) in [4.78, 5) is 33.8. The number of fused-ring (bicyclic) bond motifs is 1. The Labute approximate surface area is 169 Å². The van der Waals surface area contributed by atoms with Crippen molar-refractivity contribution in [3.63, 3.8) is 0 Å². The molecular weight excluding hydrogens is 368 g/mol. The van der Waals surface area contributed by atoms with Crippen molar-refractivity contribution in [2.24, 2.45) is 0 Å². The second-order valence-electron chi connectivity index (χ2n) is 8.27. The largest absolute Gasteiger partial charge is 0.348 e. The molecule has 0 aromatic carbocycles. The summed E-state index contributed by atoms with van der Waals surface area (Å²) >= 11 is 0. The van der Waals surface area contributed by atoms with E-state index in [1.54, 1.807) is 28.9 Å². The Morgan fingerprint density at radius 3 is 2.38 bits per heavy atom. The molecule has 29 heavy (non-hydrogen) atoms. The molecule has 3 rings (SSSR count). The van der Waals surface area contributed by atoms with E-state index in [2.05, 4.69) is 25.7 Å². The highest BCUT2D eigenvalue weighted by Crippen LogP contribution is 2.25. The third-order valence-electron chi connectivity index (χ3n) is 4.22. The van der Waals surface area contributed by atoms with Gasteiger partial charge in [0, 0.05) is 17.9 Å². The summed E-state index contributed by atoms with van der Waals surface area (Å²) in [6.07, 6.45) is 1.52. The summed E-state index contributed by atoms with van der Waals surface area (Å²) in [5.41, 5.74) is 1.73. The maximum absolute atomic E-state index is 12.6. The lowest BCUT2D eigenvalue weighted by Crippen LogP contribution is -2.31. The number of anilines is 1. The van der Waals surface area contributed by atoms with E-state index in [1.165, 1.54) is 6.20 Å². The summed E-state index contributed by atoms with van der Waals surface area (Å²) in [5, 5.41) is 10.8. The highest BCUT2D eigenvalue weighted by Gasteiger charge is 2.25. The lowest BCUT2D eigenvalue weighted by molar-refractivity contribution is 0.0937. The van der Waals surface area contributed by atoms with Gasteiger partial charge < -0.3 is 10.6 Å². The van der Waals surface area contributed by atoms with Crippen molar-refractivity contribution in [2.75, 3.05) is 5.32 Å². The average Bonchev–Trinajstić information content (AvgIpc) is 3.01. The van der Waals surface area contributed by atoms with Gasteiger partial charge in [-0.2, -0.15) is 5.10 Å². The molecule has 0 aliphatic heterocycles. The fraction of sp³-hybridized carbons (Fsp3) is 0.381. The molecule has 0 bridgehead atoms. The molecule has 2 N–H and O–H groups in total. The molecule has 8 heteroatoms. The van der Waals surface area contributed by atoms with Gasteiger partial charge in [-0.1, -0.05) is 0 Å². The van der Waals surface area contributed by atoms with Gasteiger partial charge in [0.1, 0.15) is 5.82 Å². The minimum Gasteiger partial charge on any atom is -0.348 e. The molecule has 0 aliphatic carbocycles. The molecule has 0 aliphatic rings. The number of nitrogens with zero attached hydrogens (tertiary/aromatic N) is 4. The van der Waals surface area contributed by atoms with Crippen molar-refractivity contribution >= 4 is 28.7 Å². The minimum atomic E-state index is -0.398. The van der Waals surface area contributed by atoms with Crippen molar-refractivity contribution in [1.29, 1.82) is 0 Å². The van der Waals surface area contributed by atoms with Gasteiger partial charge in [0.15, 0.2) is 11.3 Å². The first-order valence-electron chi connectivity index (χ1n) is 9.51. The van der Waals surface area contributed by atoms with E-state index in [9.17, 15) is 9.59 Å². The van der Waals surface area contributed by atoms with Crippen molar-refractivity contribution in [3.05, 3.63) is 47.4 Å². The summed E-state index contributed by atoms with van der Waals surface area (Å²) in [5.74, 6) is -0.175. The van der Waals surface area contributed by atoms with E-state index >= 15 is 0 Å². The van der Waals surface area contributed by atoms with Crippen LogP contribution in [0.15, 0.2) is 30.5 Å². The molecule has 0 fully saturated rings. The molecule has 152 valence electrons. The first kappa shape index (κ1) is 20.4. The van der Waals surface area contributed by atoms with Crippen LogP contribution in [-0.2, 0) is 5.54 Å². The predicted octanol–water partition coefficient (Wildman–Crippen LogP) is 3.28. The molecule has 0 unspecified atom stereocenters. The van der Waals surface area contributed by atoms with Crippen LogP contribution in [0.2, 0.25) is 0 Å². The molecule has 0 saturated heterocycles. The zero-order valence-electron chi connectivity index (χ0n) is 17.6. The highest BCUT2D eigenvalue weighted by atomic mass is 16.2. The number of aryl methyl sites for hydroxylation is 1. The second-order valence-corrected chi connectivity index (χ2v) is 8.27. The molecule has 0 spiro atoms. The van der Waals surface area contributed by atoms with Gasteiger partial charge in [0.2, 0.25) is 0 Å². The van der Waals surface area contributed by atoms with Crippen LogP contribution in [0.25, 0.3) is 11.0 Å². The second kappa shape index (κ2) is 7.62. The summed E-state index contributed by atoms with van der Waals surface area (Å²) in [6, 6.07) is 6.91. The third kappa shape index (κ3) is 4.42. The van der Waals surface area contributed by atoms with Gasteiger partial charge in [0.25, 0.3) is 11.8 Å². The number of nitrogens with one attached hydrogen (secondary N) is 2. The number of hydrogen-bond donors (Lipinski definition) is 2.